The highest BCUT2D eigenvalue weighted by Crippen LogP contribution is 1.87. The Bertz CT molecular complexity index is 238. The average Bonchev–Trinajstić information content (AvgIpc) is 1.83. The lowest BCUT2D eigenvalue weighted by Crippen LogP contribution is -2.18. The fourth-order valence-corrected chi connectivity index (χ4v) is 0.633. The smallest absolute Gasteiger partial charge is 0.148 e. The highest BCUT2D eigenvalue weighted by atomic mass is 14.9. The molecule has 1 rings (SSSR count). The molecule has 3 N–H and O–H groups in total. The van der Waals surface area contributed by atoms with Crippen molar-refractivity contribution in [2.45, 2.75) is 0 Å². The molecule has 9 heavy (non-hydrogen) atoms. The Kier molecular flexibility index (Phi) is 1.26. The molecule has 1 aromatic rings. The number of hydrogen-bond donors (Lipinski definition) is 2. The molecular weight excluding hydrogens is 114 g/mol. The molecule has 0 aliphatic rings. The monoisotopic (exact) mass is 123 g/mol. The first-order chi connectivity index (χ1) is 4.22. The average molecular weight is 123 g/mol. The van der Waals surface area contributed by atoms with Gasteiger partial charge in [0.2, 0.25) is 0 Å². The molecule has 0 saturated carbocycles. The van der Waals surface area contributed by atoms with Crippen molar-refractivity contribution in [2.75, 3.05) is 5.73 Å². The summed E-state index contributed by atoms with van der Waals surface area (Å²) in [6.07, 6.45) is 1.79. The molecule has 0 atom stereocenters. The van der Waals surface area contributed by atoms with E-state index in [1.807, 2.05) is 6.07 Å². The van der Waals surface area contributed by atoms with Gasteiger partial charge in [-0.25, -0.2) is 0 Å². The molecule has 0 unspecified atom stereocenters. The van der Waals surface area contributed by atoms with Crippen LogP contribution in [0.1, 0.15) is 0 Å². The zero-order valence-corrected chi connectivity index (χ0v) is 5.26. The predicted molar refractivity (Wildman–Crippen MR) is 35.7 cm³/mol. The molecule has 0 aliphatic heterocycles. The largest absolute Gasteiger partial charge is 0.396 e. The van der Waals surface area contributed by atoms with Gasteiger partial charge in [-0.1, -0.05) is 0 Å². The molecule has 0 aliphatic carbocycles. The zero-order chi connectivity index (χ0) is 6.85. The molecule has 3 heteroatoms. The standard InChI is InChI=1S/C6H9N3/c1-9-4-2-3-5(7)6(9)8/h2-4,8H,7H2,1H3. The van der Waals surface area contributed by atoms with E-state index in [4.69, 9.17) is 11.1 Å². The number of nitrogens with zero attached hydrogens (tertiary/aromatic N) is 1. The number of aryl methyl sites for hydroxylation is 1. The SMILES string of the molecule is Cn1cccc(N)c1=N. The summed E-state index contributed by atoms with van der Waals surface area (Å²) in [7, 11) is 1.79. The maximum absolute atomic E-state index is 7.28. The number of nitrogen functional groups attached to an aromatic ring is 1. The van der Waals surface area contributed by atoms with E-state index in [9.17, 15) is 0 Å². The van der Waals surface area contributed by atoms with Gasteiger partial charge in [0.05, 0.1) is 5.69 Å². The second-order valence-corrected chi connectivity index (χ2v) is 1.92. The minimum atomic E-state index is 0.359. The summed E-state index contributed by atoms with van der Waals surface area (Å²) in [5.74, 6) is 0. The van der Waals surface area contributed by atoms with E-state index in [1.165, 1.54) is 0 Å². The third-order valence-electron chi connectivity index (χ3n) is 1.21. The molecule has 0 aromatic carbocycles. The van der Waals surface area contributed by atoms with E-state index < -0.39 is 0 Å². The summed E-state index contributed by atoms with van der Waals surface area (Å²) in [6.45, 7) is 0. The van der Waals surface area contributed by atoms with Crippen molar-refractivity contribution in [2.24, 2.45) is 7.05 Å². The summed E-state index contributed by atoms with van der Waals surface area (Å²) < 4.78 is 1.66. The lowest BCUT2D eigenvalue weighted by molar-refractivity contribution is 0.821. The molecule has 48 valence electrons. The Morgan fingerprint density at radius 3 is 2.78 bits per heavy atom. The lowest BCUT2D eigenvalue weighted by atomic mass is 10.4. The van der Waals surface area contributed by atoms with Crippen molar-refractivity contribution in [1.29, 1.82) is 5.41 Å². The van der Waals surface area contributed by atoms with Crippen LogP contribution in [-0.2, 0) is 7.05 Å². The lowest BCUT2D eigenvalue weighted by Gasteiger charge is -1.97. The van der Waals surface area contributed by atoms with Crippen LogP contribution in [0.3, 0.4) is 0 Å². The van der Waals surface area contributed by atoms with Gasteiger partial charge in [-0.15, -0.1) is 0 Å². The number of nitrogens with one attached hydrogen (secondary N) is 1. The van der Waals surface area contributed by atoms with Gasteiger partial charge in [0.25, 0.3) is 0 Å². The maximum Gasteiger partial charge on any atom is 0.148 e. The Hall–Kier alpha value is -1.25. The number of hydrogen-bond acceptors (Lipinski definition) is 2. The molecule has 0 radical (unpaired) electrons. The van der Waals surface area contributed by atoms with Crippen LogP contribution in [0.4, 0.5) is 5.69 Å². The normalized spacial score (nSPS) is 9.44. The van der Waals surface area contributed by atoms with E-state index in [-0.39, 0.29) is 0 Å². The van der Waals surface area contributed by atoms with E-state index in [0.717, 1.165) is 0 Å². The van der Waals surface area contributed by atoms with Crippen molar-refractivity contribution >= 4 is 5.69 Å². The van der Waals surface area contributed by atoms with Gasteiger partial charge in [-0.3, -0.25) is 5.41 Å². The Balaban J connectivity index is 3.43. The number of nitrogens with two attached hydrogens (primary N) is 1. The van der Waals surface area contributed by atoms with Crippen LogP contribution in [0.15, 0.2) is 18.3 Å². The van der Waals surface area contributed by atoms with Gasteiger partial charge in [0.15, 0.2) is 0 Å². The number of rotatable bonds is 0. The molecule has 0 bridgehead atoms. The third-order valence-corrected chi connectivity index (χ3v) is 1.21. The summed E-state index contributed by atoms with van der Waals surface area (Å²) in [6, 6.07) is 3.52. The first kappa shape index (κ1) is 5.88. The molecule has 0 saturated heterocycles. The van der Waals surface area contributed by atoms with Crippen molar-refractivity contribution in [1.82, 2.24) is 4.57 Å². The summed E-state index contributed by atoms with van der Waals surface area (Å²) in [5.41, 5.74) is 6.29. The topological polar surface area (TPSA) is 54.8 Å². The van der Waals surface area contributed by atoms with Gasteiger partial charge in [0.1, 0.15) is 5.49 Å². The van der Waals surface area contributed by atoms with Gasteiger partial charge in [-0.2, -0.15) is 0 Å². The third kappa shape index (κ3) is 0.937. The van der Waals surface area contributed by atoms with E-state index in [1.54, 1.807) is 23.9 Å². The van der Waals surface area contributed by atoms with Gasteiger partial charge < -0.3 is 10.3 Å². The highest BCUT2D eigenvalue weighted by Gasteiger charge is 1.86. The van der Waals surface area contributed by atoms with E-state index >= 15 is 0 Å². The number of pyridine rings is 1. The fraction of sp³-hybridized carbons (Fsp3) is 0.167. The first-order valence-corrected chi connectivity index (χ1v) is 2.67. The van der Waals surface area contributed by atoms with Crippen LogP contribution in [0, 0.1) is 5.41 Å². The summed E-state index contributed by atoms with van der Waals surface area (Å²) >= 11 is 0. The fourth-order valence-electron chi connectivity index (χ4n) is 0.633. The van der Waals surface area contributed by atoms with Crippen LogP contribution >= 0.6 is 0 Å². The van der Waals surface area contributed by atoms with Gasteiger partial charge in [-0.05, 0) is 12.1 Å². The summed E-state index contributed by atoms with van der Waals surface area (Å²) in [4.78, 5) is 0. The minimum absolute atomic E-state index is 0.359. The molecule has 1 heterocycles. The number of anilines is 1. The molecule has 1 aromatic heterocycles. The van der Waals surface area contributed by atoms with E-state index in [0.29, 0.717) is 11.2 Å². The van der Waals surface area contributed by atoms with Crippen LogP contribution in [0.25, 0.3) is 0 Å². The Morgan fingerprint density at radius 2 is 2.33 bits per heavy atom. The van der Waals surface area contributed by atoms with Gasteiger partial charge >= 0.3 is 0 Å². The summed E-state index contributed by atoms with van der Waals surface area (Å²) in [5, 5.41) is 7.28. The van der Waals surface area contributed by atoms with Crippen molar-refractivity contribution in [3.8, 4) is 0 Å². The quantitative estimate of drug-likeness (QED) is 0.504. The maximum atomic E-state index is 7.28. The van der Waals surface area contributed by atoms with Gasteiger partial charge in [0, 0.05) is 13.2 Å². The highest BCUT2D eigenvalue weighted by molar-refractivity contribution is 5.32. The second kappa shape index (κ2) is 1.93. The molecule has 0 fully saturated rings. The predicted octanol–water partition coefficient (Wildman–Crippen LogP) is 0.0868. The first-order valence-electron chi connectivity index (χ1n) is 2.67. The van der Waals surface area contributed by atoms with Crippen LogP contribution in [-0.4, -0.2) is 4.57 Å². The Labute approximate surface area is 53.3 Å². The van der Waals surface area contributed by atoms with Crippen LogP contribution < -0.4 is 11.2 Å². The molecule has 0 amide bonds. The van der Waals surface area contributed by atoms with Crippen molar-refractivity contribution < 1.29 is 0 Å². The Morgan fingerprint density at radius 1 is 1.67 bits per heavy atom. The van der Waals surface area contributed by atoms with E-state index in [2.05, 4.69) is 0 Å². The van der Waals surface area contributed by atoms with Crippen LogP contribution in [0.5, 0.6) is 0 Å². The molecular formula is C6H9N3. The zero-order valence-electron chi connectivity index (χ0n) is 5.26. The van der Waals surface area contributed by atoms with Crippen LogP contribution in [0.2, 0.25) is 0 Å². The second-order valence-electron chi connectivity index (χ2n) is 1.92. The van der Waals surface area contributed by atoms with Crippen molar-refractivity contribution in [3.05, 3.63) is 23.8 Å². The minimum Gasteiger partial charge on any atom is -0.396 e. The number of aromatic nitrogens is 1. The molecule has 3 nitrogen and oxygen atoms in total. The molecule has 0 spiro atoms. The van der Waals surface area contributed by atoms with Crippen molar-refractivity contribution in [3.63, 3.8) is 0 Å².